The molecule has 3 nitrogen and oxygen atoms in total. The molecule has 1 unspecified atom stereocenters. The Balaban J connectivity index is 3.64. The van der Waals surface area contributed by atoms with Gasteiger partial charge in [-0.15, -0.1) is 6.58 Å². The number of amides is 1. The van der Waals surface area contributed by atoms with Crippen LogP contribution in [0.4, 0.5) is 0 Å². The summed E-state index contributed by atoms with van der Waals surface area (Å²) in [6.45, 7) is 5.40. The minimum Gasteiger partial charge on any atom is -0.352 e. The van der Waals surface area contributed by atoms with Crippen LogP contribution in [0, 0.1) is 17.2 Å². The van der Waals surface area contributed by atoms with Gasteiger partial charge in [0, 0.05) is 6.54 Å². The Labute approximate surface area is 60.3 Å². The molecule has 3 heteroatoms. The first-order chi connectivity index (χ1) is 4.72. The van der Waals surface area contributed by atoms with Gasteiger partial charge in [-0.2, -0.15) is 5.26 Å². The van der Waals surface area contributed by atoms with Crippen molar-refractivity contribution in [1.82, 2.24) is 5.32 Å². The average molecular weight is 138 g/mol. The van der Waals surface area contributed by atoms with Gasteiger partial charge in [0.15, 0.2) is 0 Å². The van der Waals surface area contributed by atoms with Crippen molar-refractivity contribution in [2.24, 2.45) is 5.92 Å². The van der Waals surface area contributed by atoms with Crippen molar-refractivity contribution in [2.75, 3.05) is 6.54 Å². The van der Waals surface area contributed by atoms with Gasteiger partial charge >= 0.3 is 0 Å². The highest BCUT2D eigenvalue weighted by Gasteiger charge is 2.08. The summed E-state index contributed by atoms with van der Waals surface area (Å²) >= 11 is 0. The molecule has 1 amide bonds. The molecule has 0 saturated carbocycles. The van der Waals surface area contributed by atoms with E-state index in [0.717, 1.165) is 0 Å². The van der Waals surface area contributed by atoms with E-state index in [1.165, 1.54) is 0 Å². The summed E-state index contributed by atoms with van der Waals surface area (Å²) < 4.78 is 0. The third-order valence-corrected chi connectivity index (χ3v) is 1.01. The highest BCUT2D eigenvalue weighted by atomic mass is 16.1. The summed E-state index contributed by atoms with van der Waals surface area (Å²) in [5.74, 6) is -0.817. The third kappa shape index (κ3) is 2.88. The van der Waals surface area contributed by atoms with Crippen molar-refractivity contribution in [2.45, 2.75) is 6.92 Å². The van der Waals surface area contributed by atoms with Gasteiger partial charge in [0.25, 0.3) is 0 Å². The summed E-state index contributed by atoms with van der Waals surface area (Å²) in [6.07, 6.45) is 1.57. The standard InChI is InChI=1S/C7H10N2O/c1-3-4-9-7(10)6(2)5-8/h3,6H,1,4H2,2H3,(H,9,10). The van der Waals surface area contributed by atoms with Crippen LogP contribution in [-0.4, -0.2) is 12.5 Å². The number of carbonyl (C=O) groups is 1. The summed E-state index contributed by atoms with van der Waals surface area (Å²) in [5, 5.41) is 10.8. The zero-order valence-electron chi connectivity index (χ0n) is 5.92. The zero-order valence-corrected chi connectivity index (χ0v) is 5.92. The van der Waals surface area contributed by atoms with Gasteiger partial charge in [-0.05, 0) is 6.92 Å². The largest absolute Gasteiger partial charge is 0.352 e. The van der Waals surface area contributed by atoms with E-state index in [1.54, 1.807) is 13.0 Å². The molecule has 0 aliphatic rings. The molecule has 0 aromatic rings. The van der Waals surface area contributed by atoms with Crippen LogP contribution in [0.15, 0.2) is 12.7 Å². The van der Waals surface area contributed by atoms with Crippen LogP contribution in [0.2, 0.25) is 0 Å². The molecule has 0 radical (unpaired) electrons. The number of carbonyl (C=O) groups excluding carboxylic acids is 1. The van der Waals surface area contributed by atoms with Crippen molar-refractivity contribution in [3.05, 3.63) is 12.7 Å². The SMILES string of the molecule is C=CCNC(=O)C(C)C#N. The van der Waals surface area contributed by atoms with Gasteiger partial charge in [-0.1, -0.05) is 6.08 Å². The lowest BCUT2D eigenvalue weighted by Gasteiger charge is -2.01. The number of nitrogens with zero attached hydrogens (tertiary/aromatic N) is 1. The highest BCUT2D eigenvalue weighted by Crippen LogP contribution is 1.89. The molecule has 0 aromatic carbocycles. The van der Waals surface area contributed by atoms with E-state index in [4.69, 9.17) is 5.26 Å². The van der Waals surface area contributed by atoms with Crippen LogP contribution < -0.4 is 5.32 Å². The Morgan fingerprint density at radius 2 is 2.60 bits per heavy atom. The maximum Gasteiger partial charge on any atom is 0.237 e. The predicted octanol–water partition coefficient (Wildman–Crippen LogP) is 0.448. The monoisotopic (exact) mass is 138 g/mol. The van der Waals surface area contributed by atoms with Crippen molar-refractivity contribution in [1.29, 1.82) is 5.26 Å². The van der Waals surface area contributed by atoms with Gasteiger partial charge in [-0.3, -0.25) is 4.79 Å². The lowest BCUT2D eigenvalue weighted by Crippen LogP contribution is -2.28. The molecule has 1 N–H and O–H groups in total. The normalized spacial score (nSPS) is 11.2. The van der Waals surface area contributed by atoms with Crippen LogP contribution in [0.3, 0.4) is 0 Å². The second-order valence-electron chi connectivity index (χ2n) is 1.88. The van der Waals surface area contributed by atoms with Gasteiger partial charge in [0.1, 0.15) is 5.92 Å². The smallest absolute Gasteiger partial charge is 0.237 e. The molecule has 54 valence electrons. The molecule has 0 aliphatic heterocycles. The molecule has 0 rings (SSSR count). The Morgan fingerprint density at radius 3 is 3.00 bits per heavy atom. The van der Waals surface area contributed by atoms with Crippen LogP contribution in [-0.2, 0) is 4.79 Å². The number of nitriles is 1. The molecule has 0 saturated heterocycles. The highest BCUT2D eigenvalue weighted by molar-refractivity contribution is 5.80. The fourth-order valence-corrected chi connectivity index (χ4v) is 0.384. The summed E-state index contributed by atoms with van der Waals surface area (Å²) in [5.41, 5.74) is 0. The van der Waals surface area contributed by atoms with Crippen LogP contribution in [0.1, 0.15) is 6.92 Å². The van der Waals surface area contributed by atoms with Gasteiger partial charge in [0.05, 0.1) is 6.07 Å². The predicted molar refractivity (Wildman–Crippen MR) is 38.0 cm³/mol. The summed E-state index contributed by atoms with van der Waals surface area (Å²) in [4.78, 5) is 10.8. The number of hydrogen-bond acceptors (Lipinski definition) is 2. The van der Waals surface area contributed by atoms with Gasteiger partial charge < -0.3 is 5.32 Å². The molecule has 0 heterocycles. The second kappa shape index (κ2) is 4.57. The first-order valence-electron chi connectivity index (χ1n) is 3.00. The van der Waals surface area contributed by atoms with Gasteiger partial charge in [-0.25, -0.2) is 0 Å². The Morgan fingerprint density at radius 1 is 2.00 bits per heavy atom. The first-order valence-corrected chi connectivity index (χ1v) is 3.00. The van der Waals surface area contributed by atoms with E-state index in [1.807, 2.05) is 6.07 Å². The molecule has 0 aromatic heterocycles. The molecule has 1 atom stereocenters. The number of nitrogens with one attached hydrogen (secondary N) is 1. The fraction of sp³-hybridized carbons (Fsp3) is 0.429. The van der Waals surface area contributed by atoms with Crippen LogP contribution in [0.25, 0.3) is 0 Å². The number of rotatable bonds is 3. The molecule has 0 bridgehead atoms. The van der Waals surface area contributed by atoms with Crippen LogP contribution in [0.5, 0.6) is 0 Å². The lowest BCUT2D eigenvalue weighted by atomic mass is 10.2. The van der Waals surface area contributed by atoms with E-state index in [-0.39, 0.29) is 5.91 Å². The average Bonchev–Trinajstić information content (AvgIpc) is 1.98. The second-order valence-corrected chi connectivity index (χ2v) is 1.88. The maximum atomic E-state index is 10.8. The molecule has 0 aliphatic carbocycles. The van der Waals surface area contributed by atoms with Crippen molar-refractivity contribution >= 4 is 5.91 Å². The quantitative estimate of drug-likeness (QED) is 0.575. The summed E-state index contributed by atoms with van der Waals surface area (Å²) in [7, 11) is 0. The molecular weight excluding hydrogens is 128 g/mol. The lowest BCUT2D eigenvalue weighted by molar-refractivity contribution is -0.122. The van der Waals surface area contributed by atoms with E-state index >= 15 is 0 Å². The maximum absolute atomic E-state index is 10.8. The van der Waals surface area contributed by atoms with Crippen molar-refractivity contribution < 1.29 is 4.79 Å². The zero-order chi connectivity index (χ0) is 7.98. The van der Waals surface area contributed by atoms with Crippen molar-refractivity contribution in [3.8, 4) is 6.07 Å². The summed E-state index contributed by atoms with van der Waals surface area (Å²) in [6, 6.07) is 1.83. The van der Waals surface area contributed by atoms with Crippen LogP contribution >= 0.6 is 0 Å². The molecule has 10 heavy (non-hydrogen) atoms. The third-order valence-electron chi connectivity index (χ3n) is 1.01. The molecule has 0 fully saturated rings. The van der Waals surface area contributed by atoms with E-state index in [2.05, 4.69) is 11.9 Å². The van der Waals surface area contributed by atoms with E-state index < -0.39 is 5.92 Å². The minimum absolute atomic E-state index is 0.248. The molecular formula is C7H10N2O. The minimum atomic E-state index is -0.569. The Kier molecular flexibility index (Phi) is 3.97. The first kappa shape index (κ1) is 8.70. The Hall–Kier alpha value is -1.30. The van der Waals surface area contributed by atoms with Gasteiger partial charge in [0.2, 0.25) is 5.91 Å². The van der Waals surface area contributed by atoms with Crippen molar-refractivity contribution in [3.63, 3.8) is 0 Å². The van der Waals surface area contributed by atoms with E-state index in [9.17, 15) is 4.79 Å². The fourth-order valence-electron chi connectivity index (χ4n) is 0.384. The molecule has 0 spiro atoms. The van der Waals surface area contributed by atoms with E-state index in [0.29, 0.717) is 6.54 Å². The topological polar surface area (TPSA) is 52.9 Å². The Bertz CT molecular complexity index is 169. The number of hydrogen-bond donors (Lipinski definition) is 1.